The summed E-state index contributed by atoms with van der Waals surface area (Å²) >= 11 is 3.24. The van der Waals surface area contributed by atoms with Crippen molar-refractivity contribution in [3.05, 3.63) is 41.0 Å². The molecule has 0 spiro atoms. The van der Waals surface area contributed by atoms with Crippen molar-refractivity contribution in [1.29, 1.82) is 0 Å². The van der Waals surface area contributed by atoms with Gasteiger partial charge in [0.15, 0.2) is 5.82 Å². The number of aromatic nitrogens is 1. The average Bonchev–Trinajstić information content (AvgIpc) is 2.43. The normalized spacial score (nSPS) is 11.1. The third kappa shape index (κ3) is 3.64. The van der Waals surface area contributed by atoms with E-state index in [1.165, 1.54) is 18.3 Å². The number of rotatable bonds is 5. The van der Waals surface area contributed by atoms with E-state index in [4.69, 9.17) is 10.5 Å². The predicted molar refractivity (Wildman–Crippen MR) is 84.8 cm³/mol. The highest BCUT2D eigenvalue weighted by Crippen LogP contribution is 2.29. The number of hydrogen-bond donors (Lipinski definition) is 2. The number of benzene rings is 1. The first kappa shape index (κ1) is 15.6. The Hall–Kier alpha value is -1.80. The molecule has 0 amide bonds. The summed E-state index contributed by atoms with van der Waals surface area (Å²) < 4.78 is 33.3. The van der Waals surface area contributed by atoms with Crippen LogP contribution >= 0.6 is 15.9 Å². The van der Waals surface area contributed by atoms with Crippen molar-refractivity contribution in [2.75, 3.05) is 17.1 Å². The van der Waals surface area contributed by atoms with Crippen molar-refractivity contribution in [1.82, 2.24) is 4.98 Å². The summed E-state index contributed by atoms with van der Waals surface area (Å²) in [5.74, 6) is 0.439. The van der Waals surface area contributed by atoms with Gasteiger partial charge in [0.1, 0.15) is 10.6 Å². The van der Waals surface area contributed by atoms with E-state index in [9.17, 15) is 8.42 Å². The van der Waals surface area contributed by atoms with E-state index in [2.05, 4.69) is 25.6 Å². The minimum Gasteiger partial charge on any atom is -0.492 e. The molecule has 0 aliphatic rings. The van der Waals surface area contributed by atoms with Crippen molar-refractivity contribution in [3.63, 3.8) is 0 Å². The molecule has 0 saturated carbocycles. The fourth-order valence-corrected chi connectivity index (χ4v) is 3.35. The molecule has 1 heterocycles. The molecule has 0 radical (unpaired) electrons. The largest absolute Gasteiger partial charge is 0.492 e. The predicted octanol–water partition coefficient (Wildman–Crippen LogP) is 2.63. The van der Waals surface area contributed by atoms with Crippen LogP contribution in [0.2, 0.25) is 0 Å². The van der Waals surface area contributed by atoms with Gasteiger partial charge in [-0.1, -0.05) is 0 Å². The van der Waals surface area contributed by atoms with Crippen LogP contribution in [-0.4, -0.2) is 20.0 Å². The maximum absolute atomic E-state index is 12.5. The first-order chi connectivity index (χ1) is 9.94. The van der Waals surface area contributed by atoms with E-state index < -0.39 is 10.0 Å². The van der Waals surface area contributed by atoms with Gasteiger partial charge in [-0.25, -0.2) is 13.4 Å². The lowest BCUT2D eigenvalue weighted by molar-refractivity contribution is 0.331. The van der Waals surface area contributed by atoms with E-state index in [1.807, 2.05) is 0 Å². The molecule has 0 bridgehead atoms. The second kappa shape index (κ2) is 6.31. The van der Waals surface area contributed by atoms with E-state index in [1.54, 1.807) is 25.1 Å². The van der Waals surface area contributed by atoms with E-state index in [0.29, 0.717) is 16.8 Å². The van der Waals surface area contributed by atoms with Crippen LogP contribution in [0.4, 0.5) is 11.5 Å². The Balaban J connectivity index is 2.44. The van der Waals surface area contributed by atoms with Crippen LogP contribution in [0.3, 0.4) is 0 Å². The molecule has 112 valence electrons. The first-order valence-corrected chi connectivity index (χ1v) is 8.37. The second-order valence-corrected chi connectivity index (χ2v) is 6.58. The number of halogens is 1. The van der Waals surface area contributed by atoms with Crippen LogP contribution in [0.15, 0.2) is 45.9 Å². The van der Waals surface area contributed by atoms with Crippen molar-refractivity contribution in [2.24, 2.45) is 0 Å². The minimum atomic E-state index is -3.86. The smallest absolute Gasteiger partial charge is 0.266 e. The fourth-order valence-electron chi connectivity index (χ4n) is 1.65. The molecule has 0 unspecified atom stereocenters. The van der Waals surface area contributed by atoms with Crippen LogP contribution < -0.4 is 15.2 Å². The molecule has 6 nitrogen and oxygen atoms in total. The molecule has 21 heavy (non-hydrogen) atoms. The molecule has 0 saturated heterocycles. The molecular formula is C13H14BrN3O3S. The van der Waals surface area contributed by atoms with Gasteiger partial charge in [0, 0.05) is 11.9 Å². The van der Waals surface area contributed by atoms with E-state index in [-0.39, 0.29) is 16.5 Å². The lowest BCUT2D eigenvalue weighted by atomic mass is 10.3. The van der Waals surface area contributed by atoms with Crippen molar-refractivity contribution in [2.45, 2.75) is 11.8 Å². The van der Waals surface area contributed by atoms with Gasteiger partial charge in [-0.2, -0.15) is 0 Å². The summed E-state index contributed by atoms with van der Waals surface area (Å²) in [5.41, 5.74) is 6.00. The molecule has 2 aromatic rings. The summed E-state index contributed by atoms with van der Waals surface area (Å²) in [6.07, 6.45) is 1.49. The Bertz CT molecular complexity index is 750. The number of ether oxygens (including phenoxy) is 1. The van der Waals surface area contributed by atoms with Crippen LogP contribution in [0.1, 0.15) is 6.92 Å². The molecule has 0 aliphatic carbocycles. The third-order valence-corrected chi connectivity index (χ3v) is 4.55. The van der Waals surface area contributed by atoms with Crippen molar-refractivity contribution >= 4 is 37.5 Å². The number of sulfonamides is 1. The van der Waals surface area contributed by atoms with E-state index in [0.717, 1.165) is 0 Å². The topological polar surface area (TPSA) is 94.3 Å². The quantitative estimate of drug-likeness (QED) is 0.787. The Morgan fingerprint density at radius 3 is 2.81 bits per heavy atom. The second-order valence-electron chi connectivity index (χ2n) is 4.08. The summed E-state index contributed by atoms with van der Waals surface area (Å²) in [6.45, 7) is 2.12. The van der Waals surface area contributed by atoms with E-state index >= 15 is 0 Å². The first-order valence-electron chi connectivity index (χ1n) is 6.09. The molecule has 8 heteroatoms. The summed E-state index contributed by atoms with van der Waals surface area (Å²) in [4.78, 5) is 3.95. The number of nitrogens with two attached hydrogens (primary N) is 1. The Labute approximate surface area is 131 Å². The van der Waals surface area contributed by atoms with Gasteiger partial charge in [0.05, 0.1) is 11.1 Å². The molecule has 3 N–H and O–H groups in total. The standard InChI is InChI=1S/C13H14BrN3O3S/c1-2-20-11-6-5-9(15)8-12(11)21(18,19)17-13-10(14)4-3-7-16-13/h3-8H,2,15H2,1H3,(H,16,17). The highest BCUT2D eigenvalue weighted by Gasteiger charge is 2.21. The van der Waals surface area contributed by atoms with Crippen LogP contribution in [0.5, 0.6) is 5.75 Å². The fraction of sp³-hybridized carbons (Fsp3) is 0.154. The van der Waals surface area contributed by atoms with Crippen LogP contribution in [0, 0.1) is 0 Å². The number of hydrogen-bond acceptors (Lipinski definition) is 5. The van der Waals surface area contributed by atoms with Gasteiger partial charge in [-0.15, -0.1) is 0 Å². The molecule has 2 rings (SSSR count). The maximum atomic E-state index is 12.5. The summed E-state index contributed by atoms with van der Waals surface area (Å²) in [6, 6.07) is 7.84. The Morgan fingerprint density at radius 1 is 1.38 bits per heavy atom. The molecule has 0 aliphatic heterocycles. The Kier molecular flexibility index (Phi) is 4.69. The number of nitrogens with one attached hydrogen (secondary N) is 1. The monoisotopic (exact) mass is 371 g/mol. The third-order valence-electron chi connectivity index (χ3n) is 2.55. The van der Waals surface area contributed by atoms with Gasteiger partial charge >= 0.3 is 0 Å². The van der Waals surface area contributed by atoms with Crippen LogP contribution in [0.25, 0.3) is 0 Å². The Morgan fingerprint density at radius 2 is 2.14 bits per heavy atom. The molecule has 1 aromatic carbocycles. The van der Waals surface area contributed by atoms with Gasteiger partial charge < -0.3 is 10.5 Å². The summed E-state index contributed by atoms with van der Waals surface area (Å²) in [5, 5.41) is 0. The van der Waals surface area contributed by atoms with Gasteiger partial charge in [-0.05, 0) is 53.2 Å². The summed E-state index contributed by atoms with van der Waals surface area (Å²) in [7, 11) is -3.86. The van der Waals surface area contributed by atoms with Crippen molar-refractivity contribution in [3.8, 4) is 5.75 Å². The number of nitrogen functional groups attached to an aromatic ring is 1. The zero-order valence-corrected chi connectivity index (χ0v) is 13.6. The van der Waals surface area contributed by atoms with Gasteiger partial charge in [0.25, 0.3) is 10.0 Å². The van der Waals surface area contributed by atoms with Gasteiger partial charge in [-0.3, -0.25) is 4.72 Å². The lowest BCUT2D eigenvalue weighted by Crippen LogP contribution is -2.16. The number of pyridine rings is 1. The molecule has 1 aromatic heterocycles. The highest BCUT2D eigenvalue weighted by molar-refractivity contribution is 9.10. The molecule has 0 atom stereocenters. The van der Waals surface area contributed by atoms with Gasteiger partial charge in [0.2, 0.25) is 0 Å². The maximum Gasteiger partial charge on any atom is 0.266 e. The molecule has 0 fully saturated rings. The minimum absolute atomic E-state index is 0.0260. The lowest BCUT2D eigenvalue weighted by Gasteiger charge is -2.13. The van der Waals surface area contributed by atoms with Crippen molar-refractivity contribution < 1.29 is 13.2 Å². The molecular weight excluding hydrogens is 358 g/mol. The number of anilines is 2. The zero-order chi connectivity index (χ0) is 15.5. The number of nitrogens with zero attached hydrogens (tertiary/aromatic N) is 1. The SMILES string of the molecule is CCOc1ccc(N)cc1S(=O)(=O)Nc1ncccc1Br. The highest BCUT2D eigenvalue weighted by atomic mass is 79.9. The zero-order valence-electron chi connectivity index (χ0n) is 11.2. The average molecular weight is 372 g/mol. The van der Waals surface area contributed by atoms with Crippen LogP contribution in [-0.2, 0) is 10.0 Å².